The van der Waals surface area contributed by atoms with Crippen LogP contribution in [0.1, 0.15) is 44.7 Å². The van der Waals surface area contributed by atoms with Crippen molar-refractivity contribution in [2.45, 2.75) is 46.5 Å². The van der Waals surface area contributed by atoms with E-state index in [-0.39, 0.29) is 0 Å². The summed E-state index contributed by atoms with van der Waals surface area (Å²) in [6.45, 7) is 6.78. The molecule has 0 unspecified atom stereocenters. The van der Waals surface area contributed by atoms with Crippen LogP contribution in [0.4, 0.5) is 0 Å². The maximum Gasteiger partial charge on any atom is 0.115 e. The van der Waals surface area contributed by atoms with E-state index >= 15 is 0 Å². The Morgan fingerprint density at radius 1 is 0.857 bits per heavy atom. The van der Waals surface area contributed by atoms with Crippen molar-refractivity contribution in [1.82, 2.24) is 0 Å². The second kappa shape index (κ2) is 10.0. The van der Waals surface area contributed by atoms with Gasteiger partial charge in [-0.15, -0.1) is 0 Å². The molecule has 114 valence electrons. The molecule has 0 radical (unpaired) electrons. The number of para-hydroxylation sites is 1. The normalized spacial score (nSPS) is 10.1. The molecule has 1 nitrogen and oxygen atoms in total. The molecule has 0 spiro atoms. The second-order valence-electron chi connectivity index (χ2n) is 5.85. The van der Waals surface area contributed by atoms with Crippen LogP contribution in [0.25, 0.3) is 0 Å². The summed E-state index contributed by atoms with van der Waals surface area (Å²) in [6.07, 6.45) is 5.03. The summed E-state index contributed by atoms with van der Waals surface area (Å²) in [7, 11) is 0. The fourth-order valence-electron chi connectivity index (χ4n) is 2.12. The van der Waals surface area contributed by atoms with Gasteiger partial charge in [0.1, 0.15) is 5.75 Å². The lowest BCUT2D eigenvalue weighted by atomic mass is 10.0. The Balaban J connectivity index is 0.000000262. The van der Waals surface area contributed by atoms with Crippen molar-refractivity contribution in [2.75, 3.05) is 0 Å². The zero-order valence-corrected chi connectivity index (χ0v) is 13.5. The Bertz CT molecular complexity index is 471. The number of phenolic OH excluding ortho intramolecular Hbond substituents is 1. The molecule has 0 bridgehead atoms. The minimum absolute atomic E-state index is 0.322. The molecule has 2 rings (SSSR count). The van der Waals surface area contributed by atoms with Crippen LogP contribution < -0.4 is 0 Å². The predicted molar refractivity (Wildman–Crippen MR) is 91.7 cm³/mol. The molecule has 21 heavy (non-hydrogen) atoms. The van der Waals surface area contributed by atoms with Crippen LogP contribution in [0, 0.1) is 5.92 Å². The van der Waals surface area contributed by atoms with Crippen LogP contribution >= 0.6 is 0 Å². The van der Waals surface area contributed by atoms with Gasteiger partial charge >= 0.3 is 0 Å². The Morgan fingerprint density at radius 2 is 1.43 bits per heavy atom. The van der Waals surface area contributed by atoms with Crippen LogP contribution in [0.5, 0.6) is 5.75 Å². The molecule has 2 aromatic carbocycles. The number of aryl methyl sites for hydroxylation is 1. The van der Waals surface area contributed by atoms with Crippen molar-refractivity contribution >= 4 is 0 Å². The molecule has 0 saturated carbocycles. The minimum Gasteiger partial charge on any atom is -0.508 e. The highest BCUT2D eigenvalue weighted by Gasteiger charge is 1.97. The predicted octanol–water partition coefficient (Wildman–Crippen LogP) is 5.62. The first-order valence-electron chi connectivity index (χ1n) is 7.93. The van der Waals surface area contributed by atoms with Crippen molar-refractivity contribution in [1.29, 1.82) is 0 Å². The molecule has 1 N–H and O–H groups in total. The van der Waals surface area contributed by atoms with Gasteiger partial charge < -0.3 is 5.11 Å². The van der Waals surface area contributed by atoms with Gasteiger partial charge in [0.15, 0.2) is 0 Å². The molecule has 0 atom stereocenters. The van der Waals surface area contributed by atoms with Gasteiger partial charge in [0, 0.05) is 0 Å². The van der Waals surface area contributed by atoms with Gasteiger partial charge in [-0.05, 0) is 48.4 Å². The third-order valence-corrected chi connectivity index (χ3v) is 3.24. The first kappa shape index (κ1) is 17.3. The number of rotatable bonds is 5. The van der Waals surface area contributed by atoms with E-state index in [0.717, 1.165) is 5.92 Å². The third kappa shape index (κ3) is 8.19. The first-order valence-corrected chi connectivity index (χ1v) is 7.93. The van der Waals surface area contributed by atoms with E-state index in [0.29, 0.717) is 5.75 Å². The molecule has 0 heterocycles. The SMILES string of the molecule is CCCCc1ccc(CC(C)C)cc1.Oc1ccccc1. The van der Waals surface area contributed by atoms with Crippen LogP contribution in [-0.2, 0) is 12.8 Å². The summed E-state index contributed by atoms with van der Waals surface area (Å²) in [5.74, 6) is 1.08. The maximum atomic E-state index is 8.63. The van der Waals surface area contributed by atoms with Gasteiger partial charge in [0.2, 0.25) is 0 Å². The molecule has 0 fully saturated rings. The van der Waals surface area contributed by atoms with Gasteiger partial charge in [-0.2, -0.15) is 0 Å². The van der Waals surface area contributed by atoms with E-state index in [1.165, 1.54) is 36.8 Å². The molecule has 1 heteroatoms. The first-order chi connectivity index (χ1) is 10.1. The Labute approximate surface area is 129 Å². The number of unbranched alkanes of at least 4 members (excludes halogenated alkanes) is 1. The summed E-state index contributed by atoms with van der Waals surface area (Å²) in [4.78, 5) is 0. The summed E-state index contributed by atoms with van der Waals surface area (Å²) in [5.41, 5.74) is 2.96. The molecule has 0 aliphatic rings. The van der Waals surface area contributed by atoms with E-state index in [1.54, 1.807) is 24.3 Å². The lowest BCUT2D eigenvalue weighted by Gasteiger charge is -2.06. The van der Waals surface area contributed by atoms with Crippen molar-refractivity contribution < 1.29 is 5.11 Å². The summed E-state index contributed by atoms with van der Waals surface area (Å²) in [6, 6.07) is 17.8. The number of hydrogen-bond acceptors (Lipinski definition) is 1. The van der Waals surface area contributed by atoms with Crippen molar-refractivity contribution in [3.05, 3.63) is 65.7 Å². The molecular weight excluding hydrogens is 256 g/mol. The number of benzene rings is 2. The van der Waals surface area contributed by atoms with Crippen molar-refractivity contribution in [2.24, 2.45) is 5.92 Å². The number of hydrogen-bond donors (Lipinski definition) is 1. The Morgan fingerprint density at radius 3 is 1.86 bits per heavy atom. The van der Waals surface area contributed by atoms with Gasteiger partial charge in [0.25, 0.3) is 0 Å². The highest BCUT2D eigenvalue weighted by Crippen LogP contribution is 2.11. The fourth-order valence-corrected chi connectivity index (χ4v) is 2.12. The smallest absolute Gasteiger partial charge is 0.115 e. The topological polar surface area (TPSA) is 20.2 Å². The van der Waals surface area contributed by atoms with E-state index in [9.17, 15) is 0 Å². The standard InChI is InChI=1S/C14H22.C6H6O/c1-4-5-6-13-7-9-14(10-8-13)11-12(2)3;7-6-4-2-1-3-5-6/h7-10,12H,4-6,11H2,1-3H3;1-5,7H. The van der Waals surface area contributed by atoms with Gasteiger partial charge in [-0.25, -0.2) is 0 Å². The summed E-state index contributed by atoms with van der Waals surface area (Å²) < 4.78 is 0. The Hall–Kier alpha value is -1.76. The highest BCUT2D eigenvalue weighted by atomic mass is 16.3. The second-order valence-corrected chi connectivity index (χ2v) is 5.85. The van der Waals surface area contributed by atoms with E-state index in [4.69, 9.17) is 5.11 Å². The fraction of sp³-hybridized carbons (Fsp3) is 0.400. The van der Waals surface area contributed by atoms with Gasteiger partial charge in [-0.1, -0.05) is 69.7 Å². The molecule has 0 aliphatic carbocycles. The monoisotopic (exact) mass is 284 g/mol. The largest absolute Gasteiger partial charge is 0.508 e. The van der Waals surface area contributed by atoms with Gasteiger partial charge in [-0.3, -0.25) is 0 Å². The third-order valence-electron chi connectivity index (χ3n) is 3.24. The molecule has 0 aliphatic heterocycles. The van der Waals surface area contributed by atoms with Gasteiger partial charge in [0.05, 0.1) is 0 Å². The number of aromatic hydroxyl groups is 1. The lowest BCUT2D eigenvalue weighted by Crippen LogP contribution is -1.94. The van der Waals surface area contributed by atoms with E-state index in [2.05, 4.69) is 45.0 Å². The lowest BCUT2D eigenvalue weighted by molar-refractivity contribution is 0.475. The Kier molecular flexibility index (Phi) is 8.27. The molecule has 2 aromatic rings. The average Bonchev–Trinajstić information content (AvgIpc) is 2.47. The maximum absolute atomic E-state index is 8.63. The molecule has 0 amide bonds. The minimum atomic E-state index is 0.322. The number of phenols is 1. The van der Waals surface area contributed by atoms with E-state index < -0.39 is 0 Å². The summed E-state index contributed by atoms with van der Waals surface area (Å²) >= 11 is 0. The zero-order chi connectivity index (χ0) is 15.5. The van der Waals surface area contributed by atoms with Crippen LogP contribution in [0.15, 0.2) is 54.6 Å². The molecule has 0 aromatic heterocycles. The average molecular weight is 284 g/mol. The van der Waals surface area contributed by atoms with E-state index in [1.807, 2.05) is 6.07 Å². The van der Waals surface area contributed by atoms with Crippen LogP contribution in [0.3, 0.4) is 0 Å². The zero-order valence-electron chi connectivity index (χ0n) is 13.5. The van der Waals surface area contributed by atoms with Crippen molar-refractivity contribution in [3.63, 3.8) is 0 Å². The van der Waals surface area contributed by atoms with Crippen LogP contribution in [0.2, 0.25) is 0 Å². The molecule has 0 saturated heterocycles. The quantitative estimate of drug-likeness (QED) is 0.755. The van der Waals surface area contributed by atoms with Crippen molar-refractivity contribution in [3.8, 4) is 5.75 Å². The van der Waals surface area contributed by atoms with Crippen LogP contribution in [-0.4, -0.2) is 5.11 Å². The summed E-state index contributed by atoms with van der Waals surface area (Å²) in [5, 5.41) is 8.63. The molecular formula is C20H28O. The highest BCUT2D eigenvalue weighted by molar-refractivity contribution is 5.23.